The van der Waals surface area contributed by atoms with E-state index in [1.54, 1.807) is 18.2 Å². The van der Waals surface area contributed by atoms with Crippen LogP contribution in [0.2, 0.25) is 10.0 Å². The molecule has 0 aromatic heterocycles. The summed E-state index contributed by atoms with van der Waals surface area (Å²) < 4.78 is 5.75. The molecule has 0 unspecified atom stereocenters. The number of ether oxygens (including phenoxy) is 1. The number of carbonyl (C=O) groups is 2. The first-order valence-electron chi connectivity index (χ1n) is 10.5. The Morgan fingerprint density at radius 3 is 2.42 bits per heavy atom. The van der Waals surface area contributed by atoms with Crippen molar-refractivity contribution in [3.8, 4) is 5.75 Å². The molecule has 0 heterocycles. The SMILES string of the molecule is CCCNC(=O)[C@H](CC)N(Cc1ccc(Cl)cc1Cl)C(=O)COc1ccc(C)c(C)c1. The molecule has 1 atom stereocenters. The van der Waals surface area contributed by atoms with E-state index in [-0.39, 0.29) is 25.0 Å². The molecule has 0 saturated carbocycles. The number of nitrogens with zero attached hydrogens (tertiary/aromatic N) is 1. The van der Waals surface area contributed by atoms with Crippen molar-refractivity contribution in [1.82, 2.24) is 10.2 Å². The summed E-state index contributed by atoms with van der Waals surface area (Å²) in [6, 6.07) is 10.2. The Bertz CT molecular complexity index is 918. The Morgan fingerprint density at radius 1 is 1.06 bits per heavy atom. The molecule has 7 heteroatoms. The van der Waals surface area contributed by atoms with Gasteiger partial charge in [0.1, 0.15) is 11.8 Å². The second-order valence-corrected chi connectivity index (χ2v) is 8.35. The quantitative estimate of drug-likeness (QED) is 0.517. The van der Waals surface area contributed by atoms with Gasteiger partial charge in [-0.2, -0.15) is 0 Å². The van der Waals surface area contributed by atoms with Gasteiger partial charge in [0.05, 0.1) is 0 Å². The third-order valence-electron chi connectivity index (χ3n) is 5.13. The van der Waals surface area contributed by atoms with Crippen LogP contribution >= 0.6 is 23.2 Å². The minimum atomic E-state index is -0.630. The number of nitrogens with one attached hydrogen (secondary N) is 1. The van der Waals surface area contributed by atoms with Gasteiger partial charge < -0.3 is 15.0 Å². The zero-order valence-corrected chi connectivity index (χ0v) is 20.0. The Kier molecular flexibility index (Phi) is 9.66. The topological polar surface area (TPSA) is 58.6 Å². The maximum Gasteiger partial charge on any atom is 0.261 e. The van der Waals surface area contributed by atoms with Crippen molar-refractivity contribution in [2.75, 3.05) is 13.2 Å². The third kappa shape index (κ3) is 7.15. The fourth-order valence-corrected chi connectivity index (χ4v) is 3.62. The number of hydrogen-bond acceptors (Lipinski definition) is 3. The second kappa shape index (κ2) is 12.0. The minimum absolute atomic E-state index is 0.175. The van der Waals surface area contributed by atoms with Gasteiger partial charge in [-0.15, -0.1) is 0 Å². The van der Waals surface area contributed by atoms with E-state index in [1.807, 2.05) is 45.9 Å². The molecule has 2 rings (SSSR count). The largest absolute Gasteiger partial charge is 0.484 e. The molecule has 2 aromatic rings. The monoisotopic (exact) mass is 464 g/mol. The lowest BCUT2D eigenvalue weighted by molar-refractivity contribution is -0.143. The molecule has 5 nitrogen and oxygen atoms in total. The summed E-state index contributed by atoms with van der Waals surface area (Å²) >= 11 is 12.3. The van der Waals surface area contributed by atoms with Crippen LogP contribution in [0.4, 0.5) is 0 Å². The summed E-state index contributed by atoms with van der Waals surface area (Å²) in [7, 11) is 0. The van der Waals surface area contributed by atoms with E-state index in [0.29, 0.717) is 34.3 Å². The van der Waals surface area contributed by atoms with Crippen molar-refractivity contribution in [3.63, 3.8) is 0 Å². The van der Waals surface area contributed by atoms with Gasteiger partial charge in [-0.25, -0.2) is 0 Å². The van der Waals surface area contributed by atoms with Crippen LogP contribution in [0.5, 0.6) is 5.75 Å². The fraction of sp³-hybridized carbons (Fsp3) is 0.417. The predicted molar refractivity (Wildman–Crippen MR) is 126 cm³/mol. The van der Waals surface area contributed by atoms with Gasteiger partial charge in [-0.3, -0.25) is 9.59 Å². The van der Waals surface area contributed by atoms with Crippen molar-refractivity contribution in [1.29, 1.82) is 0 Å². The van der Waals surface area contributed by atoms with Crippen LogP contribution in [0.1, 0.15) is 43.4 Å². The molecule has 0 saturated heterocycles. The van der Waals surface area contributed by atoms with E-state index in [9.17, 15) is 9.59 Å². The predicted octanol–water partition coefficient (Wildman–Crippen LogP) is 5.32. The van der Waals surface area contributed by atoms with Gasteiger partial charge in [0.15, 0.2) is 6.61 Å². The van der Waals surface area contributed by atoms with Gasteiger partial charge in [0.25, 0.3) is 5.91 Å². The molecule has 0 bridgehead atoms. The van der Waals surface area contributed by atoms with Crippen LogP contribution in [0.3, 0.4) is 0 Å². The number of hydrogen-bond donors (Lipinski definition) is 1. The van der Waals surface area contributed by atoms with Crippen LogP contribution in [0.15, 0.2) is 36.4 Å². The molecular formula is C24H30Cl2N2O3. The zero-order chi connectivity index (χ0) is 23.0. The molecule has 0 aliphatic heterocycles. The van der Waals surface area contributed by atoms with Gasteiger partial charge in [0, 0.05) is 23.1 Å². The highest BCUT2D eigenvalue weighted by Crippen LogP contribution is 2.24. The Hall–Kier alpha value is -2.24. The first kappa shape index (κ1) is 25.0. The van der Waals surface area contributed by atoms with E-state index in [0.717, 1.165) is 17.5 Å². The zero-order valence-electron chi connectivity index (χ0n) is 18.5. The number of rotatable bonds is 10. The van der Waals surface area contributed by atoms with Gasteiger partial charge in [-0.1, -0.05) is 49.2 Å². The van der Waals surface area contributed by atoms with Crippen LogP contribution in [0.25, 0.3) is 0 Å². The number of benzene rings is 2. The Labute approximate surface area is 194 Å². The van der Waals surface area contributed by atoms with E-state index in [2.05, 4.69) is 5.32 Å². The normalized spacial score (nSPS) is 11.7. The standard InChI is InChI=1S/C24H30Cl2N2O3/c1-5-11-27-24(30)22(6-2)28(14-18-8-9-19(25)13-21(18)26)23(29)15-31-20-10-7-16(3)17(4)12-20/h7-10,12-13,22H,5-6,11,14-15H2,1-4H3,(H,27,30)/t22-/m0/s1. The van der Waals surface area contributed by atoms with Crippen LogP contribution in [0, 0.1) is 13.8 Å². The molecule has 0 aliphatic rings. The van der Waals surface area contributed by atoms with Gasteiger partial charge >= 0.3 is 0 Å². The molecule has 0 aliphatic carbocycles. The molecular weight excluding hydrogens is 435 g/mol. The lowest BCUT2D eigenvalue weighted by Crippen LogP contribution is -2.50. The van der Waals surface area contributed by atoms with Crippen molar-refractivity contribution < 1.29 is 14.3 Å². The molecule has 0 radical (unpaired) electrons. The molecule has 2 amide bonds. The highest BCUT2D eigenvalue weighted by atomic mass is 35.5. The van der Waals surface area contributed by atoms with Gasteiger partial charge in [0.2, 0.25) is 5.91 Å². The van der Waals surface area contributed by atoms with Crippen LogP contribution in [-0.4, -0.2) is 35.9 Å². The summed E-state index contributed by atoms with van der Waals surface area (Å²) in [5.41, 5.74) is 2.95. The smallest absolute Gasteiger partial charge is 0.261 e. The summed E-state index contributed by atoms with van der Waals surface area (Å²) in [4.78, 5) is 27.5. The number of aryl methyl sites for hydroxylation is 2. The van der Waals surface area contributed by atoms with E-state index in [4.69, 9.17) is 27.9 Å². The highest BCUT2D eigenvalue weighted by Gasteiger charge is 2.29. The summed E-state index contributed by atoms with van der Waals surface area (Å²) in [5.74, 6) is 0.140. The third-order valence-corrected chi connectivity index (χ3v) is 5.72. The highest BCUT2D eigenvalue weighted by molar-refractivity contribution is 6.35. The fourth-order valence-electron chi connectivity index (χ4n) is 3.15. The van der Waals surface area contributed by atoms with Crippen LogP contribution < -0.4 is 10.1 Å². The molecule has 0 spiro atoms. The first-order valence-corrected chi connectivity index (χ1v) is 11.2. The number of carbonyl (C=O) groups excluding carboxylic acids is 2. The number of halogens is 2. The van der Waals surface area contributed by atoms with Crippen molar-refractivity contribution in [2.45, 2.75) is 53.1 Å². The molecule has 2 aromatic carbocycles. The average molecular weight is 465 g/mol. The minimum Gasteiger partial charge on any atom is -0.484 e. The summed E-state index contributed by atoms with van der Waals surface area (Å²) in [5, 5.41) is 3.85. The van der Waals surface area contributed by atoms with Crippen LogP contribution in [-0.2, 0) is 16.1 Å². The maximum atomic E-state index is 13.2. The summed E-state index contributed by atoms with van der Waals surface area (Å²) in [6.07, 6.45) is 1.28. The van der Waals surface area contributed by atoms with Gasteiger partial charge in [-0.05, 0) is 67.6 Å². The second-order valence-electron chi connectivity index (χ2n) is 7.51. The first-order chi connectivity index (χ1) is 14.8. The Morgan fingerprint density at radius 2 is 1.81 bits per heavy atom. The Balaban J connectivity index is 2.24. The van der Waals surface area contributed by atoms with E-state index in [1.165, 1.54) is 4.90 Å². The van der Waals surface area contributed by atoms with E-state index < -0.39 is 6.04 Å². The van der Waals surface area contributed by atoms with E-state index >= 15 is 0 Å². The molecule has 1 N–H and O–H groups in total. The lowest BCUT2D eigenvalue weighted by Gasteiger charge is -2.31. The van der Waals surface area contributed by atoms with Crippen molar-refractivity contribution in [2.24, 2.45) is 0 Å². The van der Waals surface area contributed by atoms with Crippen molar-refractivity contribution >= 4 is 35.0 Å². The maximum absolute atomic E-state index is 13.2. The molecule has 168 valence electrons. The lowest BCUT2D eigenvalue weighted by atomic mass is 10.1. The molecule has 0 fully saturated rings. The average Bonchev–Trinajstić information content (AvgIpc) is 2.74. The summed E-state index contributed by atoms with van der Waals surface area (Å²) in [6.45, 7) is 8.43. The molecule has 31 heavy (non-hydrogen) atoms. The number of amides is 2. The van der Waals surface area contributed by atoms with Crippen molar-refractivity contribution in [3.05, 3.63) is 63.1 Å².